The Morgan fingerprint density at radius 1 is 0.862 bits per heavy atom. The summed E-state index contributed by atoms with van der Waals surface area (Å²) in [6.07, 6.45) is 1.21. The molecule has 0 saturated heterocycles. The molecule has 4 rings (SSSR count). The van der Waals surface area contributed by atoms with Gasteiger partial charge in [0.05, 0.1) is 20.3 Å². The van der Waals surface area contributed by atoms with Crippen LogP contribution < -0.4 is 0 Å². The molecular weight excluding hydrogens is 439 g/mol. The van der Waals surface area contributed by atoms with Crippen LogP contribution >= 0.6 is 23.2 Å². The van der Waals surface area contributed by atoms with Crippen LogP contribution in [0.4, 0.5) is 8.78 Å². The lowest BCUT2D eigenvalue weighted by Gasteiger charge is -2.14. The van der Waals surface area contributed by atoms with Crippen LogP contribution in [-0.4, -0.2) is 13.4 Å². The van der Waals surface area contributed by atoms with Crippen LogP contribution in [0, 0.1) is 11.6 Å². The lowest BCUT2D eigenvalue weighted by atomic mass is 10.0. The number of aromatic nitrogens is 1. The van der Waals surface area contributed by atoms with Crippen LogP contribution in [0.5, 0.6) is 0 Å². The zero-order valence-corrected chi connectivity index (χ0v) is 16.9. The fourth-order valence-corrected chi connectivity index (χ4v) is 4.87. The van der Waals surface area contributed by atoms with Gasteiger partial charge < -0.3 is 0 Å². The van der Waals surface area contributed by atoms with Crippen molar-refractivity contribution in [3.05, 3.63) is 88.5 Å². The number of hydrogen-bond donors (Lipinski definition) is 0. The second kappa shape index (κ2) is 7.37. The van der Waals surface area contributed by atoms with Crippen LogP contribution in [0.15, 0.2) is 76.7 Å². The lowest BCUT2D eigenvalue weighted by molar-refractivity contribution is 0.594. The molecule has 0 saturated carbocycles. The maximum Gasteiger partial charge on any atom is 0.208 e. The number of sulfone groups is 1. The smallest absolute Gasteiger partial charge is 0.208 e. The minimum absolute atomic E-state index is 0.152. The van der Waals surface area contributed by atoms with Gasteiger partial charge in [-0.2, -0.15) is 0 Å². The molecule has 8 heteroatoms. The Morgan fingerprint density at radius 3 is 2.28 bits per heavy atom. The summed E-state index contributed by atoms with van der Waals surface area (Å²) < 4.78 is 54.2. The number of halogens is 4. The van der Waals surface area contributed by atoms with E-state index in [1.54, 1.807) is 24.3 Å². The van der Waals surface area contributed by atoms with Gasteiger partial charge in [0, 0.05) is 22.2 Å². The largest absolute Gasteiger partial charge is 0.255 e. The van der Waals surface area contributed by atoms with Crippen molar-refractivity contribution in [3.63, 3.8) is 0 Å². The highest BCUT2D eigenvalue weighted by molar-refractivity contribution is 7.91. The maximum absolute atomic E-state index is 14.0. The Morgan fingerprint density at radius 2 is 1.59 bits per heavy atom. The fourth-order valence-electron chi connectivity index (χ4n) is 3.04. The first kappa shape index (κ1) is 19.8. The number of pyridine rings is 1. The van der Waals surface area contributed by atoms with Crippen molar-refractivity contribution in [2.45, 2.75) is 9.79 Å². The van der Waals surface area contributed by atoms with Gasteiger partial charge in [0.25, 0.3) is 0 Å². The molecule has 146 valence electrons. The average Bonchev–Trinajstić information content (AvgIpc) is 2.69. The Bertz CT molecular complexity index is 1360. The molecule has 0 bridgehead atoms. The van der Waals surface area contributed by atoms with E-state index in [-0.39, 0.29) is 20.4 Å². The van der Waals surface area contributed by atoms with Gasteiger partial charge in [-0.3, -0.25) is 4.98 Å². The molecule has 0 unspecified atom stereocenters. The third-order valence-electron chi connectivity index (χ3n) is 4.42. The predicted molar refractivity (Wildman–Crippen MR) is 109 cm³/mol. The van der Waals surface area contributed by atoms with E-state index in [0.29, 0.717) is 21.5 Å². The topological polar surface area (TPSA) is 47.0 Å². The van der Waals surface area contributed by atoms with Crippen LogP contribution in [-0.2, 0) is 9.84 Å². The first-order chi connectivity index (χ1) is 13.8. The molecule has 0 amide bonds. The normalized spacial score (nSPS) is 11.7. The van der Waals surface area contributed by atoms with Crippen molar-refractivity contribution in [3.8, 4) is 11.1 Å². The van der Waals surface area contributed by atoms with Crippen molar-refractivity contribution in [1.82, 2.24) is 4.98 Å². The van der Waals surface area contributed by atoms with Crippen molar-refractivity contribution in [1.29, 1.82) is 0 Å². The van der Waals surface area contributed by atoms with Gasteiger partial charge in [-0.1, -0.05) is 35.3 Å². The Kier molecular flexibility index (Phi) is 5.02. The summed E-state index contributed by atoms with van der Waals surface area (Å²) in [5.41, 5.74) is 1.21. The molecule has 0 radical (unpaired) electrons. The quantitative estimate of drug-likeness (QED) is 0.343. The maximum atomic E-state index is 14.0. The van der Waals surface area contributed by atoms with E-state index >= 15 is 0 Å². The molecule has 29 heavy (non-hydrogen) atoms. The van der Waals surface area contributed by atoms with Gasteiger partial charge in [0.2, 0.25) is 9.84 Å². The molecule has 3 nitrogen and oxygen atoms in total. The summed E-state index contributed by atoms with van der Waals surface area (Å²) in [5, 5.41) is 0.466. The second-order valence-electron chi connectivity index (χ2n) is 6.25. The number of nitrogens with zero attached hydrogens (tertiary/aromatic N) is 1. The van der Waals surface area contributed by atoms with Crippen molar-refractivity contribution < 1.29 is 17.2 Å². The van der Waals surface area contributed by atoms with Gasteiger partial charge in [-0.05, 0) is 54.1 Å². The number of benzene rings is 3. The first-order valence-electron chi connectivity index (χ1n) is 8.32. The van der Waals surface area contributed by atoms with E-state index in [0.717, 1.165) is 18.2 Å². The monoisotopic (exact) mass is 449 g/mol. The van der Waals surface area contributed by atoms with E-state index in [2.05, 4.69) is 4.98 Å². The number of hydrogen-bond acceptors (Lipinski definition) is 3. The Labute approximate surface area is 175 Å². The molecule has 1 aromatic heterocycles. The minimum atomic E-state index is -4.14. The van der Waals surface area contributed by atoms with Crippen LogP contribution in [0.3, 0.4) is 0 Å². The van der Waals surface area contributed by atoms with Gasteiger partial charge >= 0.3 is 0 Å². The van der Waals surface area contributed by atoms with Crippen molar-refractivity contribution in [2.75, 3.05) is 0 Å². The molecule has 0 N–H and O–H groups in total. The molecule has 0 aliphatic heterocycles. The zero-order valence-electron chi connectivity index (χ0n) is 14.5. The highest BCUT2D eigenvalue weighted by Gasteiger charge is 2.25. The zero-order chi connectivity index (χ0) is 20.8. The Hall–Kier alpha value is -2.54. The summed E-state index contributed by atoms with van der Waals surface area (Å²) in [4.78, 5) is 3.83. The predicted octanol–water partition coefficient (Wildman–Crippen LogP) is 6.32. The molecule has 4 aromatic rings. The molecule has 1 heterocycles. The van der Waals surface area contributed by atoms with Gasteiger partial charge in [-0.15, -0.1) is 0 Å². The van der Waals surface area contributed by atoms with E-state index < -0.39 is 21.5 Å². The summed E-state index contributed by atoms with van der Waals surface area (Å²) in [6.45, 7) is 0. The standard InChI is InChI=1S/C21H11Cl2F2NO2S/c22-13-3-1-12(2-4-13)21-16-9-14(24)5-8-19(16)26-11-20(21)29(27,28)15-6-7-18(25)17(23)10-15/h1-11H. The van der Waals surface area contributed by atoms with E-state index in [4.69, 9.17) is 23.2 Å². The van der Waals surface area contributed by atoms with Gasteiger partial charge in [0.1, 0.15) is 11.6 Å². The summed E-state index contributed by atoms with van der Waals surface area (Å²) in [6, 6.07) is 13.6. The average molecular weight is 450 g/mol. The molecule has 0 aliphatic rings. The highest BCUT2D eigenvalue weighted by Crippen LogP contribution is 2.37. The van der Waals surface area contributed by atoms with E-state index in [1.165, 1.54) is 24.4 Å². The molecular formula is C21H11Cl2F2NO2S. The lowest BCUT2D eigenvalue weighted by Crippen LogP contribution is -2.06. The van der Waals surface area contributed by atoms with Crippen molar-refractivity contribution >= 4 is 43.9 Å². The fraction of sp³-hybridized carbons (Fsp3) is 0. The Balaban J connectivity index is 2.07. The van der Waals surface area contributed by atoms with Crippen LogP contribution in [0.25, 0.3) is 22.0 Å². The third kappa shape index (κ3) is 3.59. The number of rotatable bonds is 3. The third-order valence-corrected chi connectivity index (χ3v) is 6.72. The van der Waals surface area contributed by atoms with E-state index in [1.807, 2.05) is 0 Å². The molecule has 3 aromatic carbocycles. The van der Waals surface area contributed by atoms with Crippen LogP contribution in [0.1, 0.15) is 0 Å². The summed E-state index contributed by atoms with van der Waals surface area (Å²) >= 11 is 11.7. The first-order valence-corrected chi connectivity index (χ1v) is 10.6. The van der Waals surface area contributed by atoms with Gasteiger partial charge in [0.15, 0.2) is 0 Å². The van der Waals surface area contributed by atoms with Gasteiger partial charge in [-0.25, -0.2) is 17.2 Å². The molecule has 0 aliphatic carbocycles. The SMILES string of the molecule is O=S(=O)(c1ccc(F)c(Cl)c1)c1cnc2ccc(F)cc2c1-c1ccc(Cl)cc1. The van der Waals surface area contributed by atoms with E-state index in [9.17, 15) is 17.2 Å². The second-order valence-corrected chi connectivity index (χ2v) is 9.01. The summed E-state index contributed by atoms with van der Waals surface area (Å²) in [7, 11) is -4.14. The van der Waals surface area contributed by atoms with Crippen molar-refractivity contribution in [2.24, 2.45) is 0 Å². The molecule has 0 fully saturated rings. The highest BCUT2D eigenvalue weighted by atomic mass is 35.5. The molecule has 0 spiro atoms. The van der Waals surface area contributed by atoms with Crippen LogP contribution in [0.2, 0.25) is 10.0 Å². The minimum Gasteiger partial charge on any atom is -0.255 e. The number of fused-ring (bicyclic) bond motifs is 1. The molecule has 0 atom stereocenters. The summed E-state index contributed by atoms with van der Waals surface area (Å²) in [5.74, 6) is -1.27.